The van der Waals surface area contributed by atoms with Gasteiger partial charge in [0, 0.05) is 11.8 Å². The number of nitrogens with zero attached hydrogens (tertiary/aromatic N) is 1. The first-order valence-corrected chi connectivity index (χ1v) is 11.5. The van der Waals surface area contributed by atoms with Gasteiger partial charge in [-0.25, -0.2) is 9.37 Å². The van der Waals surface area contributed by atoms with Crippen molar-refractivity contribution in [3.63, 3.8) is 0 Å². The number of benzene rings is 1. The quantitative estimate of drug-likeness (QED) is 0.792. The lowest BCUT2D eigenvalue weighted by Gasteiger charge is -2.17. The van der Waals surface area contributed by atoms with Crippen LogP contribution in [0.15, 0.2) is 30.5 Å². The van der Waals surface area contributed by atoms with E-state index in [1.165, 1.54) is 10.8 Å². The van der Waals surface area contributed by atoms with Crippen LogP contribution in [0.3, 0.4) is 0 Å². The van der Waals surface area contributed by atoms with E-state index in [0.29, 0.717) is 12.2 Å². The lowest BCUT2D eigenvalue weighted by Crippen LogP contribution is -2.27. The fraction of sp³-hybridized carbons (Fsp3) is 0.400. The molecule has 135 valence electrons. The van der Waals surface area contributed by atoms with Gasteiger partial charge in [0.15, 0.2) is 0 Å². The number of nitrogens with one attached hydrogen (secondary N) is 1. The number of carbonyl (C=O) groups is 1. The predicted octanol–water partition coefficient (Wildman–Crippen LogP) is 3.47. The SMILES string of the molecule is C[Si](C)c1ccc(F)c2c1CC[C@H]2Nc1ccc([C@H]2C[C@@H]2C(=O)O)cn1. The van der Waals surface area contributed by atoms with Crippen molar-refractivity contribution in [1.29, 1.82) is 0 Å². The van der Waals surface area contributed by atoms with Crippen LogP contribution in [0.25, 0.3) is 0 Å². The topological polar surface area (TPSA) is 62.2 Å². The number of fused-ring (bicyclic) bond motifs is 1. The fourth-order valence-electron chi connectivity index (χ4n) is 4.05. The maximum atomic E-state index is 14.5. The second kappa shape index (κ2) is 6.50. The second-order valence-corrected chi connectivity index (χ2v) is 10.0. The van der Waals surface area contributed by atoms with E-state index in [9.17, 15) is 9.18 Å². The van der Waals surface area contributed by atoms with Crippen LogP contribution >= 0.6 is 0 Å². The zero-order chi connectivity index (χ0) is 18.4. The van der Waals surface area contributed by atoms with E-state index in [2.05, 4.69) is 23.4 Å². The third-order valence-electron chi connectivity index (χ3n) is 5.52. The third-order valence-corrected chi connectivity index (χ3v) is 7.06. The molecule has 0 unspecified atom stereocenters. The van der Waals surface area contributed by atoms with Crippen LogP contribution < -0.4 is 10.5 Å². The van der Waals surface area contributed by atoms with Gasteiger partial charge in [-0.3, -0.25) is 4.79 Å². The van der Waals surface area contributed by atoms with Gasteiger partial charge < -0.3 is 10.4 Å². The molecule has 0 amide bonds. The van der Waals surface area contributed by atoms with E-state index < -0.39 is 14.8 Å². The number of anilines is 1. The maximum absolute atomic E-state index is 14.5. The van der Waals surface area contributed by atoms with Crippen LogP contribution in [0.1, 0.15) is 41.5 Å². The molecule has 2 N–H and O–H groups in total. The molecule has 6 heteroatoms. The molecule has 1 radical (unpaired) electrons. The van der Waals surface area contributed by atoms with Gasteiger partial charge in [-0.15, -0.1) is 0 Å². The Morgan fingerprint density at radius 1 is 1.31 bits per heavy atom. The Kier molecular flexibility index (Phi) is 4.30. The van der Waals surface area contributed by atoms with E-state index in [1.807, 2.05) is 18.2 Å². The molecule has 2 aliphatic rings. The first-order chi connectivity index (χ1) is 12.5. The van der Waals surface area contributed by atoms with Crippen molar-refractivity contribution in [2.24, 2.45) is 5.92 Å². The Morgan fingerprint density at radius 2 is 2.12 bits per heavy atom. The zero-order valence-corrected chi connectivity index (χ0v) is 15.9. The molecule has 4 nitrogen and oxygen atoms in total. The third kappa shape index (κ3) is 3.02. The van der Waals surface area contributed by atoms with Crippen molar-refractivity contribution in [1.82, 2.24) is 4.98 Å². The number of halogens is 1. The number of hydrogen-bond acceptors (Lipinski definition) is 3. The molecule has 0 bridgehead atoms. The number of aromatic nitrogens is 1. The molecule has 26 heavy (non-hydrogen) atoms. The molecule has 0 spiro atoms. The molecule has 4 rings (SSSR count). The number of pyridine rings is 1. The Labute approximate surface area is 154 Å². The van der Waals surface area contributed by atoms with Gasteiger partial charge >= 0.3 is 5.97 Å². The number of aliphatic carboxylic acids is 1. The summed E-state index contributed by atoms with van der Waals surface area (Å²) in [6, 6.07) is 7.30. The molecule has 2 aliphatic carbocycles. The summed E-state index contributed by atoms with van der Waals surface area (Å²) < 4.78 is 14.5. The summed E-state index contributed by atoms with van der Waals surface area (Å²) in [5, 5.41) is 13.7. The Hall–Kier alpha value is -2.21. The van der Waals surface area contributed by atoms with Crippen molar-refractivity contribution >= 4 is 25.8 Å². The van der Waals surface area contributed by atoms with Crippen molar-refractivity contribution in [2.75, 3.05) is 5.32 Å². The van der Waals surface area contributed by atoms with Gasteiger partial charge in [0.2, 0.25) is 0 Å². The molecule has 1 fully saturated rings. The van der Waals surface area contributed by atoms with Gasteiger partial charge in [-0.2, -0.15) is 0 Å². The number of rotatable bonds is 5. The Bertz CT molecular complexity index is 854. The van der Waals surface area contributed by atoms with E-state index in [4.69, 9.17) is 5.11 Å². The highest BCUT2D eigenvalue weighted by Crippen LogP contribution is 2.47. The molecule has 1 aromatic heterocycles. The molecular weight excluding hydrogens is 347 g/mol. The summed E-state index contributed by atoms with van der Waals surface area (Å²) in [5.74, 6) is -0.359. The number of carboxylic acid groups (broad SMARTS) is 1. The van der Waals surface area contributed by atoms with E-state index in [1.54, 1.807) is 12.3 Å². The average molecular weight is 369 g/mol. The molecule has 1 saturated carbocycles. The molecule has 1 heterocycles. The molecule has 3 atom stereocenters. The predicted molar refractivity (Wildman–Crippen MR) is 101 cm³/mol. The maximum Gasteiger partial charge on any atom is 0.307 e. The van der Waals surface area contributed by atoms with Crippen LogP contribution in [0, 0.1) is 11.7 Å². The smallest absolute Gasteiger partial charge is 0.307 e. The fourth-order valence-corrected chi connectivity index (χ4v) is 5.33. The van der Waals surface area contributed by atoms with Crippen LogP contribution in [0.4, 0.5) is 10.2 Å². The summed E-state index contributed by atoms with van der Waals surface area (Å²) in [7, 11) is -0.626. The van der Waals surface area contributed by atoms with Gasteiger partial charge in [-0.05, 0) is 48.4 Å². The van der Waals surface area contributed by atoms with Gasteiger partial charge in [0.25, 0.3) is 0 Å². The lowest BCUT2D eigenvalue weighted by atomic mass is 10.1. The lowest BCUT2D eigenvalue weighted by molar-refractivity contribution is -0.138. The van der Waals surface area contributed by atoms with E-state index in [-0.39, 0.29) is 23.7 Å². The van der Waals surface area contributed by atoms with Gasteiger partial charge in [-0.1, -0.05) is 30.4 Å². The summed E-state index contributed by atoms with van der Waals surface area (Å²) in [6.07, 6.45) is 4.20. The summed E-state index contributed by atoms with van der Waals surface area (Å²) in [5.41, 5.74) is 2.94. The van der Waals surface area contributed by atoms with Crippen molar-refractivity contribution in [3.05, 3.63) is 53.0 Å². The molecule has 0 aliphatic heterocycles. The van der Waals surface area contributed by atoms with Crippen LogP contribution in [-0.4, -0.2) is 24.9 Å². The molecule has 1 aromatic carbocycles. The van der Waals surface area contributed by atoms with Crippen molar-refractivity contribution in [2.45, 2.75) is 44.3 Å². The summed E-state index contributed by atoms with van der Waals surface area (Å²) >= 11 is 0. The molecule has 2 aromatic rings. The molecular formula is C20H22FN2O2Si. The minimum atomic E-state index is -0.737. The standard InChI is InChI=1S/C20H22FN2O2Si/c1-26(2)17-7-5-15(21)19-12(17)4-6-16(19)23-18-8-3-11(10-22-18)13-9-14(13)20(24)25/h3,5,7-8,10,13-14,16H,4,6,9H2,1-2H3,(H,22,23)(H,24,25)/t13-,14+,16-/m1/s1. The largest absolute Gasteiger partial charge is 0.481 e. The normalized spacial score (nSPS) is 23.8. The first kappa shape index (κ1) is 17.2. The number of carboxylic acids is 1. The van der Waals surface area contributed by atoms with Crippen LogP contribution in [-0.2, 0) is 11.2 Å². The minimum Gasteiger partial charge on any atom is -0.481 e. The van der Waals surface area contributed by atoms with Crippen molar-refractivity contribution < 1.29 is 14.3 Å². The Balaban J connectivity index is 1.52. The van der Waals surface area contributed by atoms with Crippen LogP contribution in [0.2, 0.25) is 13.1 Å². The van der Waals surface area contributed by atoms with E-state index >= 15 is 0 Å². The van der Waals surface area contributed by atoms with Gasteiger partial charge in [0.05, 0.1) is 20.8 Å². The Morgan fingerprint density at radius 3 is 2.73 bits per heavy atom. The second-order valence-electron chi connectivity index (χ2n) is 7.49. The molecule has 0 saturated heterocycles. The van der Waals surface area contributed by atoms with E-state index in [0.717, 1.165) is 24.0 Å². The highest BCUT2D eigenvalue weighted by Gasteiger charge is 2.44. The summed E-state index contributed by atoms with van der Waals surface area (Å²) in [6.45, 7) is 4.48. The number of hydrogen-bond donors (Lipinski definition) is 2. The zero-order valence-electron chi connectivity index (χ0n) is 14.9. The van der Waals surface area contributed by atoms with Crippen LogP contribution in [0.5, 0.6) is 0 Å². The van der Waals surface area contributed by atoms with Gasteiger partial charge in [0.1, 0.15) is 11.6 Å². The minimum absolute atomic E-state index is 0.0580. The monoisotopic (exact) mass is 369 g/mol. The summed E-state index contributed by atoms with van der Waals surface area (Å²) in [4.78, 5) is 15.4. The average Bonchev–Trinajstić information content (AvgIpc) is 3.31. The highest BCUT2D eigenvalue weighted by molar-refractivity contribution is 6.71. The highest BCUT2D eigenvalue weighted by atomic mass is 28.3. The first-order valence-electron chi connectivity index (χ1n) is 9.02. The van der Waals surface area contributed by atoms with Crippen molar-refractivity contribution in [3.8, 4) is 0 Å².